The van der Waals surface area contributed by atoms with E-state index < -0.39 is 0 Å². The highest BCUT2D eigenvalue weighted by Gasteiger charge is 2.24. The summed E-state index contributed by atoms with van der Waals surface area (Å²) in [7, 11) is 1.60. The lowest BCUT2D eigenvalue weighted by atomic mass is 10.1. The number of thioether (sulfide) groups is 1. The number of rotatable bonds is 6. The van der Waals surface area contributed by atoms with Gasteiger partial charge in [-0.05, 0) is 113 Å². The largest absolute Gasteiger partial charge is 0.493 e. The van der Waals surface area contributed by atoms with E-state index in [1.807, 2.05) is 68.5 Å². The van der Waals surface area contributed by atoms with Crippen molar-refractivity contribution in [3.05, 3.63) is 90.3 Å². The highest BCUT2D eigenvalue weighted by Crippen LogP contribution is 2.36. The molecule has 1 aliphatic heterocycles. The van der Waals surface area contributed by atoms with E-state index in [0.717, 1.165) is 31.5 Å². The van der Waals surface area contributed by atoms with Gasteiger partial charge in [0.1, 0.15) is 6.61 Å². The normalized spacial score (nSPS) is 15.6. The number of hydrogen-bond donors (Lipinski definition) is 1. The van der Waals surface area contributed by atoms with E-state index in [-0.39, 0.29) is 5.91 Å². The molecule has 1 amide bonds. The second-order valence-electron chi connectivity index (χ2n) is 7.78. The Morgan fingerprint density at radius 1 is 1.09 bits per heavy atom. The lowest BCUT2D eigenvalue weighted by Gasteiger charge is -2.14. The first kappa shape index (κ1) is 24.6. The Hall–Kier alpha value is -2.49. The number of amidine groups is 1. The van der Waals surface area contributed by atoms with Gasteiger partial charge in [0.2, 0.25) is 0 Å². The molecule has 0 radical (unpaired) electrons. The quantitative estimate of drug-likeness (QED) is 0.242. The monoisotopic (exact) mass is 604 g/mol. The second-order valence-corrected chi connectivity index (χ2v) is 10.4. The molecule has 34 heavy (non-hydrogen) atoms. The molecule has 174 valence electrons. The Balaban J connectivity index is 1.54. The minimum atomic E-state index is -0.176. The van der Waals surface area contributed by atoms with Crippen LogP contribution in [0.1, 0.15) is 22.3 Å². The van der Waals surface area contributed by atoms with Crippen LogP contribution in [0.2, 0.25) is 5.02 Å². The van der Waals surface area contributed by atoms with Gasteiger partial charge in [-0.2, -0.15) is 0 Å². The molecular weight excluding hydrogens is 583 g/mol. The number of ether oxygens (including phenoxy) is 2. The zero-order valence-electron chi connectivity index (χ0n) is 18.8. The lowest BCUT2D eigenvalue weighted by molar-refractivity contribution is -0.115. The third-order valence-electron chi connectivity index (χ3n) is 4.93. The Morgan fingerprint density at radius 3 is 2.47 bits per heavy atom. The molecule has 0 aromatic heterocycles. The van der Waals surface area contributed by atoms with Crippen LogP contribution in [0.3, 0.4) is 0 Å². The van der Waals surface area contributed by atoms with Crippen molar-refractivity contribution < 1.29 is 14.3 Å². The molecule has 5 nitrogen and oxygen atoms in total. The van der Waals surface area contributed by atoms with Crippen LogP contribution in [0, 0.1) is 17.4 Å². The zero-order valence-corrected chi connectivity index (χ0v) is 22.5. The summed E-state index contributed by atoms with van der Waals surface area (Å²) in [6.45, 7) is 4.45. The fraction of sp³-hybridized carbons (Fsp3) is 0.154. The van der Waals surface area contributed by atoms with Gasteiger partial charge in [0.25, 0.3) is 5.91 Å². The highest BCUT2D eigenvalue weighted by atomic mass is 127. The topological polar surface area (TPSA) is 59.9 Å². The van der Waals surface area contributed by atoms with Crippen LogP contribution in [0.15, 0.2) is 64.5 Å². The molecule has 0 spiro atoms. The summed E-state index contributed by atoms with van der Waals surface area (Å²) in [5.41, 5.74) is 4.92. The van der Waals surface area contributed by atoms with E-state index in [1.54, 1.807) is 7.11 Å². The van der Waals surface area contributed by atoms with Crippen LogP contribution in [-0.2, 0) is 11.4 Å². The van der Waals surface area contributed by atoms with E-state index in [4.69, 9.17) is 21.1 Å². The molecule has 1 saturated heterocycles. The van der Waals surface area contributed by atoms with Crippen molar-refractivity contribution in [1.82, 2.24) is 5.32 Å². The number of halogens is 2. The fourth-order valence-electron chi connectivity index (χ4n) is 3.46. The molecule has 0 saturated carbocycles. The van der Waals surface area contributed by atoms with Gasteiger partial charge in [0, 0.05) is 5.02 Å². The zero-order chi connectivity index (χ0) is 24.2. The lowest BCUT2D eigenvalue weighted by Crippen LogP contribution is -2.19. The van der Waals surface area contributed by atoms with Crippen molar-refractivity contribution >= 4 is 68.8 Å². The predicted molar refractivity (Wildman–Crippen MR) is 148 cm³/mol. The number of aryl methyl sites for hydroxylation is 2. The fourth-order valence-corrected chi connectivity index (χ4v) is 5.21. The third kappa shape index (κ3) is 6.14. The van der Waals surface area contributed by atoms with Gasteiger partial charge in [0.05, 0.1) is 21.3 Å². The SMILES string of the molecule is COc1cc(/C=C2/SC(=Nc3cc(C)cc(C)c3)NC2=O)cc(I)c1OCc1ccc(Cl)cc1. The maximum atomic E-state index is 12.6. The van der Waals surface area contributed by atoms with Crippen molar-refractivity contribution in [2.45, 2.75) is 20.5 Å². The van der Waals surface area contributed by atoms with Crippen LogP contribution in [-0.4, -0.2) is 18.2 Å². The van der Waals surface area contributed by atoms with Gasteiger partial charge >= 0.3 is 0 Å². The van der Waals surface area contributed by atoms with Gasteiger partial charge < -0.3 is 14.8 Å². The molecule has 0 unspecified atom stereocenters. The van der Waals surface area contributed by atoms with E-state index in [9.17, 15) is 4.79 Å². The average Bonchev–Trinajstić information content (AvgIpc) is 3.11. The number of carbonyl (C=O) groups is 1. The number of amides is 1. The summed E-state index contributed by atoms with van der Waals surface area (Å²) in [5.74, 6) is 1.08. The van der Waals surface area contributed by atoms with Crippen molar-refractivity contribution in [3.8, 4) is 11.5 Å². The summed E-state index contributed by atoms with van der Waals surface area (Å²) < 4.78 is 12.5. The van der Waals surface area contributed by atoms with Gasteiger partial charge in [0.15, 0.2) is 16.7 Å². The van der Waals surface area contributed by atoms with Gasteiger partial charge in [-0.1, -0.05) is 29.8 Å². The molecule has 4 rings (SSSR count). The molecule has 0 atom stereocenters. The first-order valence-corrected chi connectivity index (χ1v) is 12.7. The Bertz CT molecular complexity index is 1290. The number of carbonyl (C=O) groups excluding carboxylic acids is 1. The summed E-state index contributed by atoms with van der Waals surface area (Å²) in [6.07, 6.45) is 1.83. The molecule has 0 aliphatic carbocycles. The smallest absolute Gasteiger partial charge is 0.264 e. The molecule has 3 aromatic rings. The Morgan fingerprint density at radius 2 is 1.79 bits per heavy atom. The van der Waals surface area contributed by atoms with Crippen LogP contribution in [0.25, 0.3) is 6.08 Å². The predicted octanol–water partition coefficient (Wildman–Crippen LogP) is 7.04. The Labute approximate surface area is 221 Å². The molecule has 1 fully saturated rings. The summed E-state index contributed by atoms with van der Waals surface area (Å²) >= 11 is 9.49. The molecule has 1 aliphatic rings. The van der Waals surface area contributed by atoms with Crippen LogP contribution in [0.5, 0.6) is 11.5 Å². The first-order chi connectivity index (χ1) is 16.3. The second kappa shape index (κ2) is 10.8. The van der Waals surface area contributed by atoms with E-state index in [2.05, 4.69) is 39.0 Å². The number of benzene rings is 3. The minimum Gasteiger partial charge on any atom is -0.493 e. The van der Waals surface area contributed by atoms with Gasteiger partial charge in [-0.25, -0.2) is 4.99 Å². The minimum absolute atomic E-state index is 0.176. The van der Waals surface area contributed by atoms with Gasteiger partial charge in [-0.15, -0.1) is 0 Å². The average molecular weight is 605 g/mol. The maximum absolute atomic E-state index is 12.6. The molecule has 8 heteroatoms. The first-order valence-electron chi connectivity index (χ1n) is 10.4. The standard InChI is InChI=1S/C26H22ClIN2O3S/c1-15-8-16(2)10-20(9-15)29-26-30-25(31)23(34-26)13-18-11-21(28)24(22(12-18)32-3)33-14-17-4-6-19(27)7-5-17/h4-13H,14H2,1-3H3,(H,29,30,31)/b23-13+. The summed E-state index contributed by atoms with van der Waals surface area (Å²) in [5, 5.41) is 4.09. The number of nitrogens with one attached hydrogen (secondary N) is 1. The third-order valence-corrected chi connectivity index (χ3v) is 6.90. The van der Waals surface area contributed by atoms with Crippen LogP contribution >= 0.6 is 46.0 Å². The van der Waals surface area contributed by atoms with E-state index >= 15 is 0 Å². The number of hydrogen-bond acceptors (Lipinski definition) is 5. The highest BCUT2D eigenvalue weighted by molar-refractivity contribution is 14.1. The van der Waals surface area contributed by atoms with Crippen molar-refractivity contribution in [2.75, 3.05) is 7.11 Å². The summed E-state index contributed by atoms with van der Waals surface area (Å²) in [6, 6.07) is 17.4. The van der Waals surface area contributed by atoms with E-state index in [0.29, 0.717) is 33.2 Å². The number of aliphatic imine (C=N–C) groups is 1. The van der Waals surface area contributed by atoms with Crippen molar-refractivity contribution in [1.29, 1.82) is 0 Å². The molecule has 1 heterocycles. The molecule has 1 N–H and O–H groups in total. The van der Waals surface area contributed by atoms with Crippen molar-refractivity contribution in [2.24, 2.45) is 4.99 Å². The Kier molecular flexibility index (Phi) is 7.85. The molecular formula is C26H22ClIN2O3S. The number of methoxy groups -OCH3 is 1. The summed E-state index contributed by atoms with van der Waals surface area (Å²) in [4.78, 5) is 17.7. The number of nitrogens with zero attached hydrogens (tertiary/aromatic N) is 1. The van der Waals surface area contributed by atoms with Gasteiger partial charge in [-0.3, -0.25) is 4.79 Å². The van der Waals surface area contributed by atoms with E-state index in [1.165, 1.54) is 11.8 Å². The molecule has 0 bridgehead atoms. The van der Waals surface area contributed by atoms with Crippen LogP contribution < -0.4 is 14.8 Å². The van der Waals surface area contributed by atoms with Crippen molar-refractivity contribution in [3.63, 3.8) is 0 Å². The maximum Gasteiger partial charge on any atom is 0.264 e. The van der Waals surface area contributed by atoms with Crippen LogP contribution in [0.4, 0.5) is 5.69 Å². The molecule has 3 aromatic carbocycles.